The maximum Gasteiger partial charge on any atom is 0.228 e. The molecule has 0 aliphatic rings. The molecule has 0 fully saturated rings. The third-order valence-electron chi connectivity index (χ3n) is 4.06. The number of amides is 1. The van der Waals surface area contributed by atoms with Gasteiger partial charge < -0.3 is 5.32 Å². The van der Waals surface area contributed by atoms with Gasteiger partial charge in [-0.15, -0.1) is 10.2 Å². The van der Waals surface area contributed by atoms with E-state index in [0.29, 0.717) is 16.4 Å². The molecular weight excluding hydrogens is 398 g/mol. The van der Waals surface area contributed by atoms with Crippen molar-refractivity contribution in [2.75, 3.05) is 11.1 Å². The molecule has 1 N–H and O–H groups in total. The van der Waals surface area contributed by atoms with Crippen LogP contribution >= 0.6 is 11.6 Å². The summed E-state index contributed by atoms with van der Waals surface area (Å²) in [5.74, 6) is -0.189. The van der Waals surface area contributed by atoms with Crippen molar-refractivity contribution in [2.24, 2.45) is 0 Å². The van der Waals surface area contributed by atoms with Gasteiger partial charge in [0.1, 0.15) is 0 Å². The molecule has 144 valence electrons. The molecule has 0 spiro atoms. The summed E-state index contributed by atoms with van der Waals surface area (Å²) in [5, 5.41) is 11.2. The first-order chi connectivity index (χ1) is 13.4. The predicted octanol–water partition coefficient (Wildman–Crippen LogP) is 3.77. The van der Waals surface area contributed by atoms with Gasteiger partial charge in [-0.1, -0.05) is 42.8 Å². The summed E-state index contributed by atoms with van der Waals surface area (Å²) < 4.78 is 23.7. The fraction of sp³-hybridized carbons (Fsp3) is 0.150. The number of benzene rings is 2. The van der Waals surface area contributed by atoms with E-state index in [4.69, 9.17) is 11.6 Å². The van der Waals surface area contributed by atoms with Crippen molar-refractivity contribution >= 4 is 33.0 Å². The molecule has 0 bridgehead atoms. The zero-order chi connectivity index (χ0) is 20.1. The van der Waals surface area contributed by atoms with E-state index in [0.717, 1.165) is 11.1 Å². The van der Waals surface area contributed by atoms with Gasteiger partial charge in [-0.2, -0.15) is 0 Å². The van der Waals surface area contributed by atoms with Crippen LogP contribution in [0.2, 0.25) is 5.02 Å². The van der Waals surface area contributed by atoms with E-state index < -0.39 is 9.84 Å². The summed E-state index contributed by atoms with van der Waals surface area (Å²) >= 11 is 5.85. The molecule has 0 saturated heterocycles. The number of hydrogen-bond donors (Lipinski definition) is 1. The average molecular weight is 416 g/mol. The van der Waals surface area contributed by atoms with Crippen LogP contribution < -0.4 is 5.32 Å². The number of carbonyl (C=O) groups excluding carboxylic acids is 1. The van der Waals surface area contributed by atoms with Gasteiger partial charge >= 0.3 is 0 Å². The topological polar surface area (TPSA) is 89.0 Å². The highest BCUT2D eigenvalue weighted by Gasteiger charge is 2.14. The van der Waals surface area contributed by atoms with E-state index in [-0.39, 0.29) is 23.1 Å². The van der Waals surface area contributed by atoms with E-state index in [1.165, 1.54) is 6.07 Å². The molecule has 8 heteroatoms. The molecule has 0 atom stereocenters. The van der Waals surface area contributed by atoms with Crippen LogP contribution in [0, 0.1) is 0 Å². The Morgan fingerprint density at radius 1 is 1.04 bits per heavy atom. The molecule has 0 aliphatic carbocycles. The molecule has 0 unspecified atom stereocenters. The number of aromatic nitrogens is 2. The molecule has 2 aromatic carbocycles. The Morgan fingerprint density at radius 2 is 1.79 bits per heavy atom. The summed E-state index contributed by atoms with van der Waals surface area (Å²) in [6.45, 7) is 1.56. The first-order valence-electron chi connectivity index (χ1n) is 8.58. The number of anilines is 1. The largest absolute Gasteiger partial charge is 0.326 e. The number of carbonyl (C=O) groups is 1. The smallest absolute Gasteiger partial charge is 0.228 e. The summed E-state index contributed by atoms with van der Waals surface area (Å²) in [7, 11) is -3.39. The van der Waals surface area contributed by atoms with Crippen molar-refractivity contribution in [1.82, 2.24) is 10.2 Å². The van der Waals surface area contributed by atoms with Gasteiger partial charge in [0.25, 0.3) is 0 Å². The van der Waals surface area contributed by atoms with Crippen LogP contribution in [-0.4, -0.2) is 30.3 Å². The minimum atomic E-state index is -3.39. The van der Waals surface area contributed by atoms with Crippen LogP contribution in [0.5, 0.6) is 0 Å². The first-order valence-corrected chi connectivity index (χ1v) is 10.6. The maximum absolute atomic E-state index is 12.3. The van der Waals surface area contributed by atoms with Gasteiger partial charge in [0.2, 0.25) is 5.91 Å². The minimum Gasteiger partial charge on any atom is -0.326 e. The molecule has 3 aromatic rings. The highest BCUT2D eigenvalue weighted by molar-refractivity contribution is 7.91. The quantitative estimate of drug-likeness (QED) is 0.661. The number of hydrogen-bond acceptors (Lipinski definition) is 5. The molecule has 6 nitrogen and oxygen atoms in total. The number of sulfone groups is 1. The number of halogens is 1. The van der Waals surface area contributed by atoms with Crippen molar-refractivity contribution in [1.29, 1.82) is 0 Å². The van der Waals surface area contributed by atoms with Crippen LogP contribution in [0.3, 0.4) is 0 Å². The third-order valence-corrected chi connectivity index (χ3v) is 5.93. The Balaban J connectivity index is 1.73. The molecular formula is C20H18ClN3O3S. The van der Waals surface area contributed by atoms with Crippen LogP contribution in [0.25, 0.3) is 11.3 Å². The van der Waals surface area contributed by atoms with E-state index in [1.54, 1.807) is 55.5 Å². The van der Waals surface area contributed by atoms with Crippen molar-refractivity contribution < 1.29 is 13.2 Å². The zero-order valence-corrected chi connectivity index (χ0v) is 16.7. The second kappa shape index (κ2) is 8.50. The monoisotopic (exact) mass is 415 g/mol. The molecule has 3 rings (SSSR count). The Hall–Kier alpha value is -2.77. The molecule has 1 heterocycles. The van der Waals surface area contributed by atoms with Crippen molar-refractivity contribution in [3.05, 3.63) is 71.2 Å². The lowest BCUT2D eigenvalue weighted by Gasteiger charge is -2.08. The van der Waals surface area contributed by atoms with Gasteiger partial charge in [-0.3, -0.25) is 4.79 Å². The molecule has 0 aliphatic heterocycles. The molecule has 1 aromatic heterocycles. The Bertz CT molecular complexity index is 1080. The number of nitrogens with zero attached hydrogens (tertiary/aromatic N) is 2. The molecule has 28 heavy (non-hydrogen) atoms. The number of rotatable bonds is 6. The fourth-order valence-corrected chi connectivity index (χ4v) is 3.40. The number of nitrogens with one attached hydrogen (secondary N) is 1. The van der Waals surface area contributed by atoms with E-state index >= 15 is 0 Å². The third kappa shape index (κ3) is 4.94. The van der Waals surface area contributed by atoms with Crippen molar-refractivity contribution in [3.63, 3.8) is 0 Å². The van der Waals surface area contributed by atoms with Gasteiger partial charge in [-0.25, -0.2) is 8.42 Å². The summed E-state index contributed by atoms with van der Waals surface area (Å²) in [5.41, 5.74) is 2.71. The summed E-state index contributed by atoms with van der Waals surface area (Å²) in [6.07, 6.45) is 0.227. The zero-order valence-electron chi connectivity index (χ0n) is 15.1. The molecule has 0 saturated carbocycles. The highest BCUT2D eigenvalue weighted by Crippen LogP contribution is 2.21. The maximum atomic E-state index is 12.3. The lowest BCUT2D eigenvalue weighted by Crippen LogP contribution is -2.14. The van der Waals surface area contributed by atoms with Crippen LogP contribution in [-0.2, 0) is 21.1 Å². The standard InChI is InChI=1S/C20H18ClN3O3S/c1-2-28(26,27)20-11-10-18(23-24-20)15-4-3-5-17(13-15)22-19(25)12-14-6-8-16(21)9-7-14/h3-11,13H,2,12H2,1H3,(H,22,25). The lowest BCUT2D eigenvalue weighted by molar-refractivity contribution is -0.115. The SMILES string of the molecule is CCS(=O)(=O)c1ccc(-c2cccc(NC(=O)Cc3ccc(Cl)cc3)c2)nn1. The normalized spacial score (nSPS) is 11.2. The van der Waals surface area contributed by atoms with Crippen molar-refractivity contribution in [2.45, 2.75) is 18.4 Å². The summed E-state index contributed by atoms with van der Waals surface area (Å²) in [6, 6.07) is 17.3. The Morgan fingerprint density at radius 3 is 2.43 bits per heavy atom. The Labute approximate surface area is 168 Å². The Kier molecular flexibility index (Phi) is 6.06. The van der Waals surface area contributed by atoms with Crippen LogP contribution in [0.15, 0.2) is 65.7 Å². The minimum absolute atomic E-state index is 0.0316. The average Bonchev–Trinajstić information content (AvgIpc) is 2.70. The second-order valence-electron chi connectivity index (χ2n) is 6.09. The fourth-order valence-electron chi connectivity index (χ4n) is 2.54. The van der Waals surface area contributed by atoms with Gasteiger partial charge in [0.05, 0.1) is 17.9 Å². The second-order valence-corrected chi connectivity index (χ2v) is 8.75. The van der Waals surface area contributed by atoms with Crippen molar-refractivity contribution in [3.8, 4) is 11.3 Å². The molecule has 0 radical (unpaired) electrons. The van der Waals surface area contributed by atoms with Crippen LogP contribution in [0.1, 0.15) is 12.5 Å². The predicted molar refractivity (Wildman–Crippen MR) is 109 cm³/mol. The van der Waals surface area contributed by atoms with E-state index in [1.807, 2.05) is 6.07 Å². The van der Waals surface area contributed by atoms with Gasteiger partial charge in [0.15, 0.2) is 14.9 Å². The molecule has 1 amide bonds. The van der Waals surface area contributed by atoms with E-state index in [9.17, 15) is 13.2 Å². The first kappa shape index (κ1) is 20.0. The van der Waals surface area contributed by atoms with E-state index in [2.05, 4.69) is 15.5 Å². The highest BCUT2D eigenvalue weighted by atomic mass is 35.5. The van der Waals surface area contributed by atoms with Gasteiger partial charge in [0, 0.05) is 16.3 Å². The summed E-state index contributed by atoms with van der Waals surface area (Å²) in [4.78, 5) is 12.3. The van der Waals surface area contributed by atoms with Crippen LogP contribution in [0.4, 0.5) is 5.69 Å². The lowest BCUT2D eigenvalue weighted by atomic mass is 10.1. The van der Waals surface area contributed by atoms with Gasteiger partial charge in [-0.05, 0) is 42.0 Å².